The van der Waals surface area contributed by atoms with Crippen LogP contribution in [0.5, 0.6) is 0 Å². The molecule has 0 amide bonds. The van der Waals surface area contributed by atoms with Crippen molar-refractivity contribution in [1.82, 2.24) is 4.57 Å². The standard InChI is InChI=1S/C66H55B2F2N3S/c1-64(2,3)38-29-32-51-45(35-38)67-44-23-14-16-28-55(44)74-63-57(43-22-17-27-54-56(43)42-21-13-15-26-50(42)71(54)41-19-11-10-12-20-41)61-58-62(59(63)67)72(51)52-33-30-39(65(4,5)6)36-46(52)68(58)47-37-40(66(7,8)9)31-34-53(47)73(61)60-48(69)24-18-25-49(60)70/h10-37H,1-9H3. The summed E-state index contributed by atoms with van der Waals surface area (Å²) in [4.78, 5) is 6.82. The number of para-hydroxylation sites is 3. The molecule has 0 aliphatic carbocycles. The van der Waals surface area contributed by atoms with Gasteiger partial charge in [0, 0.05) is 54.6 Å². The first-order chi connectivity index (χ1) is 35.5. The minimum atomic E-state index is -0.614. The van der Waals surface area contributed by atoms with Crippen LogP contribution in [0.25, 0.3) is 38.6 Å². The third kappa shape index (κ3) is 6.33. The lowest BCUT2D eigenvalue weighted by Gasteiger charge is -2.51. The Kier molecular flexibility index (Phi) is 9.58. The van der Waals surface area contributed by atoms with E-state index < -0.39 is 11.6 Å². The number of hydrogen-bond acceptors (Lipinski definition) is 3. The zero-order valence-corrected chi connectivity index (χ0v) is 44.1. The van der Waals surface area contributed by atoms with Crippen molar-refractivity contribution in [1.29, 1.82) is 0 Å². The first-order valence-electron chi connectivity index (χ1n) is 26.0. The number of nitrogens with zero attached hydrogens (tertiary/aromatic N) is 3. The molecule has 0 radical (unpaired) electrons. The van der Waals surface area contributed by atoms with E-state index >= 15 is 8.78 Å². The highest BCUT2D eigenvalue weighted by Crippen LogP contribution is 2.56. The van der Waals surface area contributed by atoms with Gasteiger partial charge in [-0.2, -0.15) is 0 Å². The Morgan fingerprint density at radius 1 is 0.432 bits per heavy atom. The molecule has 0 bridgehead atoms. The molecule has 3 nitrogen and oxygen atoms in total. The van der Waals surface area contributed by atoms with Crippen LogP contribution in [-0.2, 0) is 16.2 Å². The molecule has 4 aliphatic rings. The number of halogens is 2. The number of fused-ring (bicyclic) bond motifs is 13. The van der Waals surface area contributed by atoms with Crippen LogP contribution in [-0.4, -0.2) is 18.0 Å². The quantitative estimate of drug-likeness (QED) is 0.164. The molecule has 0 atom stereocenters. The summed E-state index contributed by atoms with van der Waals surface area (Å²) in [5, 5.41) is 2.20. The normalized spacial score (nSPS) is 14.3. The van der Waals surface area contributed by atoms with Crippen LogP contribution < -0.4 is 42.6 Å². The fourth-order valence-electron chi connectivity index (χ4n) is 12.9. The van der Waals surface area contributed by atoms with Gasteiger partial charge in [-0.05, 0) is 126 Å². The van der Waals surface area contributed by atoms with Gasteiger partial charge >= 0.3 is 0 Å². The SMILES string of the molecule is CC(C)(C)c1ccc2c(c1)B1c3ccccc3Sc3c1c1c4c(c3-c3cccc5c3c3ccccc3n5-c3ccccc3)N(c3c(F)cccc3F)c3ccc(C(C)(C)C)cc3B4c3cc(C(C)(C)C)ccc3N21. The van der Waals surface area contributed by atoms with Gasteiger partial charge < -0.3 is 14.4 Å². The molecule has 0 saturated heterocycles. The first-order valence-corrected chi connectivity index (χ1v) is 26.9. The van der Waals surface area contributed by atoms with E-state index in [-0.39, 0.29) is 35.4 Å². The fraction of sp³-hybridized carbons (Fsp3) is 0.182. The van der Waals surface area contributed by atoms with Gasteiger partial charge in [-0.1, -0.05) is 189 Å². The molecule has 360 valence electrons. The molecule has 0 spiro atoms. The highest BCUT2D eigenvalue weighted by atomic mass is 32.2. The maximum atomic E-state index is 17.5. The molecule has 10 aromatic rings. The largest absolute Gasteiger partial charge is 0.312 e. The molecule has 5 heterocycles. The van der Waals surface area contributed by atoms with Gasteiger partial charge in [0.25, 0.3) is 6.71 Å². The Balaban J connectivity index is 1.25. The molecular weight excluding hydrogens is 926 g/mol. The predicted octanol–water partition coefficient (Wildman–Crippen LogP) is 14.0. The second-order valence-electron chi connectivity index (χ2n) is 23.9. The van der Waals surface area contributed by atoms with Crippen molar-refractivity contribution in [2.75, 3.05) is 9.80 Å². The fourth-order valence-corrected chi connectivity index (χ4v) is 14.2. The van der Waals surface area contributed by atoms with Crippen molar-refractivity contribution in [3.63, 3.8) is 0 Å². The summed E-state index contributed by atoms with van der Waals surface area (Å²) < 4.78 is 37.4. The zero-order valence-electron chi connectivity index (χ0n) is 43.3. The van der Waals surface area contributed by atoms with Gasteiger partial charge in [-0.15, -0.1) is 0 Å². The summed E-state index contributed by atoms with van der Waals surface area (Å²) in [7, 11) is 0. The van der Waals surface area contributed by atoms with Gasteiger partial charge in [0.15, 0.2) is 0 Å². The minimum Gasteiger partial charge on any atom is -0.312 e. The summed E-state index contributed by atoms with van der Waals surface area (Å²) in [6.07, 6.45) is 0. The number of rotatable bonds is 3. The molecule has 8 heteroatoms. The van der Waals surface area contributed by atoms with E-state index in [0.717, 1.165) is 88.4 Å². The number of hydrogen-bond donors (Lipinski definition) is 0. The van der Waals surface area contributed by atoms with Crippen LogP contribution in [0, 0.1) is 11.6 Å². The van der Waals surface area contributed by atoms with Gasteiger partial charge in [0.2, 0.25) is 6.71 Å². The van der Waals surface area contributed by atoms with Crippen molar-refractivity contribution < 1.29 is 8.78 Å². The van der Waals surface area contributed by atoms with Gasteiger partial charge in [-0.3, -0.25) is 0 Å². The highest BCUT2D eigenvalue weighted by molar-refractivity contribution is 8.00. The molecule has 9 aromatic carbocycles. The summed E-state index contributed by atoms with van der Waals surface area (Å²) >= 11 is 1.81. The van der Waals surface area contributed by atoms with Crippen LogP contribution in [0.3, 0.4) is 0 Å². The Bertz CT molecular complexity index is 4040. The Morgan fingerprint density at radius 3 is 1.55 bits per heavy atom. The van der Waals surface area contributed by atoms with Crippen molar-refractivity contribution in [2.45, 2.75) is 88.3 Å². The number of benzene rings is 9. The van der Waals surface area contributed by atoms with Gasteiger partial charge in [0.1, 0.15) is 17.3 Å². The summed E-state index contributed by atoms with van der Waals surface area (Å²) in [6.45, 7) is 20.1. The second-order valence-corrected chi connectivity index (χ2v) is 25.0. The van der Waals surface area contributed by atoms with Crippen LogP contribution in [0.2, 0.25) is 0 Å². The summed E-state index contributed by atoms with van der Waals surface area (Å²) in [5.41, 5.74) is 20.3. The average Bonchev–Trinajstić information content (AvgIpc) is 3.74. The maximum absolute atomic E-state index is 17.5. The monoisotopic (exact) mass is 981 g/mol. The van der Waals surface area contributed by atoms with Crippen molar-refractivity contribution >= 4 is 114 Å². The van der Waals surface area contributed by atoms with E-state index in [1.807, 2.05) is 4.90 Å². The Morgan fingerprint density at radius 2 is 0.946 bits per heavy atom. The molecule has 0 fully saturated rings. The molecular formula is C66H55B2F2N3S. The van der Waals surface area contributed by atoms with E-state index in [1.165, 1.54) is 56.1 Å². The molecule has 0 saturated carbocycles. The predicted molar refractivity (Wildman–Crippen MR) is 311 cm³/mol. The third-order valence-corrected chi connectivity index (χ3v) is 17.6. The van der Waals surface area contributed by atoms with E-state index in [9.17, 15) is 0 Å². The van der Waals surface area contributed by atoms with Crippen LogP contribution in [0.1, 0.15) is 79.0 Å². The van der Waals surface area contributed by atoms with Crippen LogP contribution in [0.15, 0.2) is 180 Å². The Hall–Kier alpha value is -7.28. The van der Waals surface area contributed by atoms with Crippen LogP contribution >= 0.6 is 11.8 Å². The molecule has 74 heavy (non-hydrogen) atoms. The lowest BCUT2D eigenvalue weighted by Crippen LogP contribution is -2.68. The second kappa shape index (κ2) is 15.6. The van der Waals surface area contributed by atoms with Gasteiger partial charge in [-0.25, -0.2) is 8.78 Å². The first kappa shape index (κ1) is 45.3. The topological polar surface area (TPSA) is 11.4 Å². The molecule has 0 N–H and O–H groups in total. The third-order valence-electron chi connectivity index (χ3n) is 16.4. The highest BCUT2D eigenvalue weighted by Gasteiger charge is 2.53. The lowest BCUT2D eigenvalue weighted by molar-refractivity contribution is 0.585. The van der Waals surface area contributed by atoms with Crippen molar-refractivity contribution in [3.8, 4) is 16.8 Å². The smallest absolute Gasteiger partial charge is 0.252 e. The minimum absolute atomic E-state index is 0.0798. The number of aromatic nitrogens is 1. The van der Waals surface area contributed by atoms with E-state index in [0.29, 0.717) is 0 Å². The van der Waals surface area contributed by atoms with E-state index in [1.54, 1.807) is 11.8 Å². The average molecular weight is 982 g/mol. The van der Waals surface area contributed by atoms with E-state index in [2.05, 4.69) is 223 Å². The van der Waals surface area contributed by atoms with E-state index in [4.69, 9.17) is 0 Å². The molecule has 0 unspecified atom stereocenters. The summed E-state index contributed by atoms with van der Waals surface area (Å²) in [5.74, 6) is -1.23. The van der Waals surface area contributed by atoms with Crippen molar-refractivity contribution in [2.24, 2.45) is 0 Å². The lowest BCUT2D eigenvalue weighted by atomic mass is 9.29. The van der Waals surface area contributed by atoms with Crippen molar-refractivity contribution in [3.05, 3.63) is 198 Å². The number of anilines is 6. The molecule has 1 aromatic heterocycles. The van der Waals surface area contributed by atoms with Crippen LogP contribution in [0.4, 0.5) is 42.9 Å². The molecule has 4 aliphatic heterocycles. The van der Waals surface area contributed by atoms with Gasteiger partial charge in [0.05, 0.1) is 16.7 Å². The molecule has 14 rings (SSSR count). The zero-order chi connectivity index (χ0) is 50.9. The Labute approximate surface area is 438 Å². The summed E-state index contributed by atoms with van der Waals surface area (Å²) in [6, 6.07) is 60.2. The maximum Gasteiger partial charge on any atom is 0.252 e.